The summed E-state index contributed by atoms with van der Waals surface area (Å²) in [6.07, 6.45) is 8.30. The second kappa shape index (κ2) is 9.01. The summed E-state index contributed by atoms with van der Waals surface area (Å²) in [5.41, 5.74) is 0.386. The van der Waals surface area contributed by atoms with Crippen LogP contribution in [0.5, 0.6) is 0 Å². The summed E-state index contributed by atoms with van der Waals surface area (Å²) in [7, 11) is -4.79. The molecule has 7 rings (SSSR count). The highest BCUT2D eigenvalue weighted by Crippen LogP contribution is 2.62. The standard InChI is InChI=1S/C29H42N3O4P/c1-17-13-18(2)26-16-21(32-24-8-6-5-7-23(24)30-27(28(32)33)37(34,35)36)15-25(17)31(26)12-11-19-9-10-20-14-22(19)29(20,3)4/h5-8,17-22,25-26H,9-16H2,1-4H3,(H2,34,35,36)/t17-,18+,19-,20-,21?,22-,25+,26-/m0/s1. The number of benzene rings is 1. The van der Waals surface area contributed by atoms with Crippen molar-refractivity contribution >= 4 is 24.1 Å². The number of piperidine rings is 2. The summed E-state index contributed by atoms with van der Waals surface area (Å²) in [5.74, 6) is 3.66. The van der Waals surface area contributed by atoms with Gasteiger partial charge in [0.2, 0.25) is 5.44 Å². The van der Waals surface area contributed by atoms with Gasteiger partial charge in [0.1, 0.15) is 0 Å². The van der Waals surface area contributed by atoms with Gasteiger partial charge in [0.25, 0.3) is 5.56 Å². The Bertz CT molecular complexity index is 1280. The van der Waals surface area contributed by atoms with Gasteiger partial charge in [0.05, 0.1) is 11.0 Å². The highest BCUT2D eigenvalue weighted by molar-refractivity contribution is 7.59. The first kappa shape index (κ1) is 25.7. The first-order valence-corrected chi connectivity index (χ1v) is 15.9. The molecular formula is C29H42N3O4P. The van der Waals surface area contributed by atoms with E-state index in [0.717, 1.165) is 37.1 Å². The zero-order chi connectivity index (χ0) is 26.3. The Kier molecular flexibility index (Phi) is 6.27. The first-order valence-electron chi connectivity index (χ1n) is 14.3. The molecule has 8 atom stereocenters. The lowest BCUT2D eigenvalue weighted by Gasteiger charge is -2.61. The van der Waals surface area contributed by atoms with Crippen molar-refractivity contribution < 1.29 is 14.4 Å². The van der Waals surface area contributed by atoms with Gasteiger partial charge in [-0.2, -0.15) is 0 Å². The number of fused-ring (bicyclic) bond motifs is 5. The molecule has 7 nitrogen and oxygen atoms in total. The molecule has 2 aliphatic heterocycles. The number of hydrogen-bond donors (Lipinski definition) is 2. The van der Waals surface area contributed by atoms with Crippen molar-refractivity contribution in [2.24, 2.45) is 35.0 Å². The van der Waals surface area contributed by atoms with Crippen LogP contribution in [0.4, 0.5) is 0 Å². The Hall–Kier alpha value is -1.53. The molecule has 1 aromatic carbocycles. The smallest absolute Gasteiger partial charge is 0.320 e. The average Bonchev–Trinajstić information content (AvgIpc) is 2.85. The van der Waals surface area contributed by atoms with Crippen LogP contribution in [-0.4, -0.2) is 42.9 Å². The Morgan fingerprint density at radius 3 is 2.32 bits per heavy atom. The SMILES string of the molecule is C[C@@H]1C[C@H](C)[C@H]2CC(n3c(=O)c(P(=O)(O)O)nc4ccccc43)C[C@@H]1N2CC[C@@H]1CC[C@H]2C[C@@H]1C2(C)C. The van der Waals surface area contributed by atoms with Crippen molar-refractivity contribution in [3.8, 4) is 0 Å². The van der Waals surface area contributed by atoms with Crippen molar-refractivity contribution in [2.75, 3.05) is 6.54 Å². The molecule has 0 spiro atoms. The predicted octanol–water partition coefficient (Wildman–Crippen LogP) is 4.71. The van der Waals surface area contributed by atoms with Gasteiger partial charge in [-0.05, 0) is 98.6 Å². The van der Waals surface area contributed by atoms with E-state index in [1.807, 2.05) is 12.1 Å². The van der Waals surface area contributed by atoms with Gasteiger partial charge in [0, 0.05) is 18.1 Å². The maximum atomic E-state index is 13.5. The molecule has 5 aliphatic rings. The van der Waals surface area contributed by atoms with Crippen LogP contribution in [0.1, 0.15) is 78.7 Å². The third kappa shape index (κ3) is 4.16. The molecule has 2 aromatic rings. The van der Waals surface area contributed by atoms with Gasteiger partial charge in [-0.15, -0.1) is 0 Å². The van der Waals surface area contributed by atoms with Gasteiger partial charge in [-0.3, -0.25) is 14.3 Å². The lowest BCUT2D eigenvalue weighted by Crippen LogP contribution is -2.60. The molecule has 37 heavy (non-hydrogen) atoms. The fourth-order valence-corrected chi connectivity index (χ4v) is 9.64. The van der Waals surface area contributed by atoms with Crippen LogP contribution in [0.15, 0.2) is 29.1 Å². The van der Waals surface area contributed by atoms with Crippen molar-refractivity contribution in [1.29, 1.82) is 0 Å². The van der Waals surface area contributed by atoms with Crippen molar-refractivity contribution in [3.63, 3.8) is 0 Å². The fraction of sp³-hybridized carbons (Fsp3) is 0.724. The van der Waals surface area contributed by atoms with E-state index < -0.39 is 18.6 Å². The maximum Gasteiger partial charge on any atom is 0.380 e. The lowest BCUT2D eigenvalue weighted by molar-refractivity contribution is -0.114. The second-order valence-electron chi connectivity index (χ2n) is 13.3. The molecule has 2 saturated heterocycles. The summed E-state index contributed by atoms with van der Waals surface area (Å²) in [6.45, 7) is 10.8. The minimum atomic E-state index is -4.79. The van der Waals surface area contributed by atoms with Gasteiger partial charge in [-0.1, -0.05) is 39.8 Å². The van der Waals surface area contributed by atoms with Crippen LogP contribution >= 0.6 is 7.60 Å². The molecule has 2 N–H and O–H groups in total. The van der Waals surface area contributed by atoms with Crippen LogP contribution in [-0.2, 0) is 4.57 Å². The van der Waals surface area contributed by atoms with E-state index in [1.165, 1.54) is 32.1 Å². The van der Waals surface area contributed by atoms with Crippen LogP contribution < -0.4 is 11.0 Å². The normalized spacial score (nSPS) is 37.4. The second-order valence-corrected chi connectivity index (χ2v) is 14.8. The monoisotopic (exact) mass is 527 g/mol. The number of nitrogens with zero attached hydrogens (tertiary/aromatic N) is 3. The van der Waals surface area contributed by atoms with Crippen molar-refractivity contribution in [3.05, 3.63) is 34.6 Å². The zero-order valence-electron chi connectivity index (χ0n) is 22.6. The average molecular weight is 528 g/mol. The molecule has 0 amide bonds. The molecule has 0 radical (unpaired) electrons. The van der Waals surface area contributed by atoms with E-state index in [4.69, 9.17) is 0 Å². The molecule has 1 aromatic heterocycles. The molecule has 1 unspecified atom stereocenters. The Morgan fingerprint density at radius 2 is 1.70 bits per heavy atom. The van der Waals surface area contributed by atoms with E-state index in [0.29, 0.717) is 40.4 Å². The molecule has 8 heteroatoms. The van der Waals surface area contributed by atoms with E-state index >= 15 is 0 Å². The number of hydrogen-bond acceptors (Lipinski definition) is 4. The number of rotatable bonds is 5. The van der Waals surface area contributed by atoms with Gasteiger partial charge in [0.15, 0.2) is 0 Å². The molecule has 202 valence electrons. The van der Waals surface area contributed by atoms with E-state index in [1.54, 1.807) is 16.7 Å². The zero-order valence-corrected chi connectivity index (χ0v) is 23.5. The number of aromatic nitrogens is 2. The molecule has 4 bridgehead atoms. The van der Waals surface area contributed by atoms with E-state index in [2.05, 4.69) is 37.6 Å². The molecular weight excluding hydrogens is 485 g/mol. The topological polar surface area (TPSA) is 95.7 Å². The largest absolute Gasteiger partial charge is 0.380 e. The Balaban J connectivity index is 1.31. The van der Waals surface area contributed by atoms with Crippen LogP contribution in [0.3, 0.4) is 0 Å². The third-order valence-electron chi connectivity index (χ3n) is 11.1. The summed E-state index contributed by atoms with van der Waals surface area (Å²) in [4.78, 5) is 40.2. The molecule has 3 heterocycles. The predicted molar refractivity (Wildman–Crippen MR) is 146 cm³/mol. The molecule has 3 saturated carbocycles. The van der Waals surface area contributed by atoms with Gasteiger partial charge < -0.3 is 14.4 Å². The molecule has 3 aliphatic carbocycles. The van der Waals surface area contributed by atoms with Crippen LogP contribution in [0.2, 0.25) is 0 Å². The fourth-order valence-electron chi connectivity index (χ4n) is 9.05. The van der Waals surface area contributed by atoms with Crippen LogP contribution in [0, 0.1) is 35.0 Å². The minimum absolute atomic E-state index is 0.0943. The summed E-state index contributed by atoms with van der Waals surface area (Å²) >= 11 is 0. The lowest BCUT2D eigenvalue weighted by atomic mass is 9.45. The summed E-state index contributed by atoms with van der Waals surface area (Å²) in [5, 5.41) is 0. The Labute approximate surface area is 219 Å². The third-order valence-corrected chi connectivity index (χ3v) is 12.0. The first-order chi connectivity index (χ1) is 17.5. The highest BCUT2D eigenvalue weighted by atomic mass is 31.2. The Morgan fingerprint density at radius 1 is 1.03 bits per heavy atom. The van der Waals surface area contributed by atoms with Gasteiger partial charge >= 0.3 is 7.60 Å². The quantitative estimate of drug-likeness (QED) is 0.547. The van der Waals surface area contributed by atoms with E-state index in [9.17, 15) is 19.1 Å². The molecule has 5 fully saturated rings. The summed E-state index contributed by atoms with van der Waals surface area (Å²) < 4.78 is 13.9. The summed E-state index contributed by atoms with van der Waals surface area (Å²) in [6, 6.07) is 7.93. The number of para-hydroxylation sites is 2. The van der Waals surface area contributed by atoms with Crippen molar-refractivity contribution in [1.82, 2.24) is 14.5 Å². The van der Waals surface area contributed by atoms with Crippen molar-refractivity contribution in [2.45, 2.75) is 90.8 Å². The van der Waals surface area contributed by atoms with Gasteiger partial charge in [-0.25, -0.2) is 4.98 Å². The highest BCUT2D eigenvalue weighted by Gasteiger charge is 2.54. The van der Waals surface area contributed by atoms with Crippen LogP contribution in [0.25, 0.3) is 11.0 Å². The van der Waals surface area contributed by atoms with E-state index in [-0.39, 0.29) is 6.04 Å². The minimum Gasteiger partial charge on any atom is -0.320 e. The maximum absolute atomic E-state index is 13.5.